The molecule has 5 rings (SSSR count). The molecule has 0 atom stereocenters. The Labute approximate surface area is 281 Å². The van der Waals surface area contributed by atoms with Gasteiger partial charge < -0.3 is 20.3 Å². The number of piperazine rings is 1. The number of nitrogens with one attached hydrogen (secondary N) is 2. The van der Waals surface area contributed by atoms with Crippen molar-refractivity contribution in [1.29, 1.82) is 0 Å². The Morgan fingerprint density at radius 2 is 1.73 bits per heavy atom. The van der Waals surface area contributed by atoms with Gasteiger partial charge in [-0.25, -0.2) is 14.8 Å². The maximum Gasteiger partial charge on any atom is 0.416 e. The number of rotatable bonds is 7. The molecule has 2 aromatic heterocycles. The van der Waals surface area contributed by atoms with Gasteiger partial charge in [-0.05, 0) is 76.9 Å². The number of ether oxygens (including phenoxy) is 1. The first-order valence-corrected chi connectivity index (χ1v) is 15.6. The van der Waals surface area contributed by atoms with Crippen molar-refractivity contribution in [3.63, 3.8) is 0 Å². The highest BCUT2D eigenvalue weighted by Gasteiger charge is 2.35. The molecule has 0 radical (unpaired) electrons. The maximum atomic E-state index is 14.0. The number of benzene rings is 2. The fourth-order valence-corrected chi connectivity index (χ4v) is 5.12. The monoisotopic (exact) mass is 678 g/mol. The van der Waals surface area contributed by atoms with Gasteiger partial charge in [0.1, 0.15) is 24.3 Å². The minimum Gasteiger partial charge on any atom is -0.444 e. The van der Waals surface area contributed by atoms with Crippen LogP contribution in [0.2, 0.25) is 0 Å². The van der Waals surface area contributed by atoms with Gasteiger partial charge in [0.2, 0.25) is 5.91 Å². The van der Waals surface area contributed by atoms with Gasteiger partial charge in [-0.3, -0.25) is 14.5 Å². The second-order valence-electron chi connectivity index (χ2n) is 12.6. The Kier molecular flexibility index (Phi) is 9.65. The summed E-state index contributed by atoms with van der Waals surface area (Å²) in [7, 11) is 0. The molecule has 1 saturated heterocycles. The summed E-state index contributed by atoms with van der Waals surface area (Å²) in [4.78, 5) is 49.9. The standard InChI is InChI=1S/C34H37F3N8O4/c1-7-24-17-28(39-19-38-24)45-29(12-21(3)42-45)41-27-16-25(9-8-20(27)2)40-31(47)22-13-23(34(35,36)37)15-26(14-22)44-11-10-43(18-30(44)46)32(48)49-33(4,5)6/h8-9,12-17,19,41H,7,10-11,18H2,1-6H3,(H,40,47). The number of anilines is 4. The summed E-state index contributed by atoms with van der Waals surface area (Å²) in [6, 6.07) is 11.5. The van der Waals surface area contributed by atoms with Gasteiger partial charge >= 0.3 is 12.3 Å². The molecule has 2 aromatic carbocycles. The summed E-state index contributed by atoms with van der Waals surface area (Å²) < 4.78 is 49.0. The van der Waals surface area contributed by atoms with Crippen molar-refractivity contribution in [2.75, 3.05) is 35.2 Å². The lowest BCUT2D eigenvalue weighted by Gasteiger charge is -2.35. The van der Waals surface area contributed by atoms with Crippen LogP contribution in [-0.2, 0) is 22.1 Å². The Balaban J connectivity index is 1.38. The van der Waals surface area contributed by atoms with E-state index in [1.165, 1.54) is 17.3 Å². The van der Waals surface area contributed by atoms with Crippen molar-refractivity contribution in [3.8, 4) is 5.82 Å². The Morgan fingerprint density at radius 3 is 2.41 bits per heavy atom. The second-order valence-corrected chi connectivity index (χ2v) is 12.6. The Morgan fingerprint density at radius 1 is 0.980 bits per heavy atom. The third kappa shape index (κ3) is 8.34. The van der Waals surface area contributed by atoms with Crippen molar-refractivity contribution >= 4 is 40.8 Å². The van der Waals surface area contributed by atoms with Crippen LogP contribution in [0.3, 0.4) is 0 Å². The zero-order valence-electron chi connectivity index (χ0n) is 28.0. The number of amides is 3. The molecule has 15 heteroatoms. The number of hydrogen-bond acceptors (Lipinski definition) is 8. The van der Waals surface area contributed by atoms with E-state index in [0.29, 0.717) is 29.4 Å². The van der Waals surface area contributed by atoms with Crippen molar-refractivity contribution in [3.05, 3.63) is 82.9 Å². The zero-order valence-corrected chi connectivity index (χ0v) is 28.0. The van der Waals surface area contributed by atoms with Crippen LogP contribution in [0.1, 0.15) is 60.6 Å². The molecule has 0 unspecified atom stereocenters. The van der Waals surface area contributed by atoms with Crippen LogP contribution in [0.5, 0.6) is 0 Å². The van der Waals surface area contributed by atoms with E-state index in [1.807, 2.05) is 32.9 Å². The average molecular weight is 679 g/mol. The molecule has 1 aliphatic heterocycles. The SMILES string of the molecule is CCc1cc(-n2nc(C)cc2Nc2cc(NC(=O)c3cc(N4CCN(C(=O)OC(C)(C)C)CC4=O)cc(C(F)(F)F)c3)ccc2C)ncn1. The fourth-order valence-electron chi connectivity index (χ4n) is 5.12. The molecular formula is C34H37F3N8O4. The average Bonchev–Trinajstić information content (AvgIpc) is 3.40. The summed E-state index contributed by atoms with van der Waals surface area (Å²) in [6.07, 6.45) is -3.31. The molecule has 2 N–H and O–H groups in total. The van der Waals surface area contributed by atoms with Crippen molar-refractivity contribution in [2.45, 2.75) is 59.7 Å². The number of carbonyl (C=O) groups is 3. The Bertz CT molecular complexity index is 1900. The first-order valence-electron chi connectivity index (χ1n) is 15.6. The third-order valence-electron chi connectivity index (χ3n) is 7.57. The molecule has 0 saturated carbocycles. The van der Waals surface area contributed by atoms with Gasteiger partial charge in [0.05, 0.1) is 11.3 Å². The summed E-state index contributed by atoms with van der Waals surface area (Å²) in [5.41, 5.74) is 1.04. The highest BCUT2D eigenvalue weighted by atomic mass is 19.4. The summed E-state index contributed by atoms with van der Waals surface area (Å²) in [6.45, 7) is 10.3. The van der Waals surface area contributed by atoms with Crippen molar-refractivity contribution < 1.29 is 32.3 Å². The molecular weight excluding hydrogens is 641 g/mol. The first kappa shape index (κ1) is 34.9. The van der Waals surface area contributed by atoms with Gasteiger partial charge in [0.25, 0.3) is 5.91 Å². The van der Waals surface area contributed by atoms with E-state index < -0.39 is 35.2 Å². The largest absolute Gasteiger partial charge is 0.444 e. The van der Waals surface area contributed by atoms with Crippen molar-refractivity contribution in [2.24, 2.45) is 0 Å². The lowest BCUT2D eigenvalue weighted by molar-refractivity contribution is -0.137. The lowest BCUT2D eigenvalue weighted by Crippen LogP contribution is -2.53. The number of aromatic nitrogens is 4. The molecule has 3 amide bonds. The van der Waals surface area contributed by atoms with E-state index >= 15 is 0 Å². The minimum absolute atomic E-state index is 0.0347. The molecule has 0 bridgehead atoms. The molecule has 0 aliphatic carbocycles. The molecule has 1 aliphatic rings. The number of nitrogens with zero attached hydrogens (tertiary/aromatic N) is 6. The van der Waals surface area contributed by atoms with E-state index in [9.17, 15) is 27.6 Å². The number of aryl methyl sites for hydroxylation is 3. The topological polar surface area (TPSA) is 135 Å². The molecule has 12 nitrogen and oxygen atoms in total. The van der Waals surface area contributed by atoms with Gasteiger partial charge in [0, 0.05) is 53.5 Å². The van der Waals surface area contributed by atoms with E-state index in [4.69, 9.17) is 4.74 Å². The molecule has 258 valence electrons. The number of halogens is 3. The third-order valence-corrected chi connectivity index (χ3v) is 7.57. The van der Waals surface area contributed by atoms with Crippen LogP contribution >= 0.6 is 0 Å². The maximum absolute atomic E-state index is 14.0. The number of carbonyl (C=O) groups excluding carboxylic acids is 3. The van der Waals surface area contributed by atoms with Crippen LogP contribution in [0.4, 0.5) is 40.8 Å². The van der Waals surface area contributed by atoms with Gasteiger partial charge in [-0.15, -0.1) is 0 Å². The quantitative estimate of drug-likeness (QED) is 0.228. The van der Waals surface area contributed by atoms with E-state index in [0.717, 1.165) is 34.0 Å². The van der Waals surface area contributed by atoms with Crippen LogP contribution in [0.25, 0.3) is 5.82 Å². The number of alkyl halides is 3. The van der Waals surface area contributed by atoms with E-state index in [2.05, 4.69) is 25.7 Å². The van der Waals surface area contributed by atoms with Crippen LogP contribution < -0.4 is 15.5 Å². The molecule has 1 fully saturated rings. The van der Waals surface area contributed by atoms with Crippen molar-refractivity contribution in [1.82, 2.24) is 24.6 Å². The highest BCUT2D eigenvalue weighted by molar-refractivity contribution is 6.06. The molecule has 4 aromatic rings. The molecule has 0 spiro atoms. The fraction of sp³-hybridized carbons (Fsp3) is 0.353. The van der Waals surface area contributed by atoms with Crippen LogP contribution in [-0.4, -0.2) is 67.8 Å². The first-order chi connectivity index (χ1) is 23.0. The van der Waals surface area contributed by atoms with Gasteiger partial charge in [0.15, 0.2) is 5.82 Å². The highest BCUT2D eigenvalue weighted by Crippen LogP contribution is 2.34. The lowest BCUT2D eigenvalue weighted by atomic mass is 10.1. The predicted molar refractivity (Wildman–Crippen MR) is 177 cm³/mol. The van der Waals surface area contributed by atoms with Crippen LogP contribution in [0.15, 0.2) is 54.9 Å². The van der Waals surface area contributed by atoms with Crippen LogP contribution in [0, 0.1) is 13.8 Å². The normalized spacial score (nSPS) is 13.8. The smallest absolute Gasteiger partial charge is 0.416 e. The second kappa shape index (κ2) is 13.6. The van der Waals surface area contributed by atoms with E-state index in [-0.39, 0.29) is 30.9 Å². The van der Waals surface area contributed by atoms with E-state index in [1.54, 1.807) is 43.7 Å². The zero-order chi connectivity index (χ0) is 35.7. The summed E-state index contributed by atoms with van der Waals surface area (Å²) in [5.74, 6) is -0.256. The summed E-state index contributed by atoms with van der Waals surface area (Å²) in [5, 5.41) is 10.5. The summed E-state index contributed by atoms with van der Waals surface area (Å²) >= 11 is 0. The number of hydrogen-bond donors (Lipinski definition) is 2. The molecule has 49 heavy (non-hydrogen) atoms. The van der Waals surface area contributed by atoms with Gasteiger partial charge in [-0.1, -0.05) is 13.0 Å². The minimum atomic E-state index is -4.80. The predicted octanol–water partition coefficient (Wildman–Crippen LogP) is 6.44. The van der Waals surface area contributed by atoms with Gasteiger partial charge in [-0.2, -0.15) is 23.0 Å². The Hall–Kier alpha value is -5.47. The molecule has 3 heterocycles.